The summed E-state index contributed by atoms with van der Waals surface area (Å²) in [5, 5.41) is 2.80. The third kappa shape index (κ3) is 3.69. The number of nitrogens with one attached hydrogen (secondary N) is 1. The standard InChI is InChI=1S/C18H19NO4/c1-11-8-16(22-3)17(23-4)10-15(11)18(21)19-14-7-5-6-13(9-14)12(2)20/h5-10H,1-4H3,(H,19,21). The van der Waals surface area contributed by atoms with Crippen molar-refractivity contribution in [3.8, 4) is 11.5 Å². The third-order valence-corrected chi connectivity index (χ3v) is 3.50. The van der Waals surface area contributed by atoms with E-state index in [2.05, 4.69) is 5.32 Å². The lowest BCUT2D eigenvalue weighted by Gasteiger charge is -2.13. The fraction of sp³-hybridized carbons (Fsp3) is 0.222. The number of benzene rings is 2. The van der Waals surface area contributed by atoms with Crippen LogP contribution in [0.5, 0.6) is 11.5 Å². The highest BCUT2D eigenvalue weighted by Gasteiger charge is 2.15. The number of ketones is 1. The van der Waals surface area contributed by atoms with E-state index < -0.39 is 0 Å². The summed E-state index contributed by atoms with van der Waals surface area (Å²) >= 11 is 0. The first kappa shape index (κ1) is 16.5. The first-order valence-corrected chi connectivity index (χ1v) is 7.11. The molecule has 0 atom stereocenters. The molecule has 0 unspecified atom stereocenters. The van der Waals surface area contributed by atoms with Crippen LogP contribution in [0.1, 0.15) is 33.2 Å². The van der Waals surface area contributed by atoms with Crippen molar-refractivity contribution in [1.29, 1.82) is 0 Å². The van der Waals surface area contributed by atoms with Gasteiger partial charge in [0.1, 0.15) is 0 Å². The molecule has 0 spiro atoms. The molecule has 0 aliphatic rings. The van der Waals surface area contributed by atoms with Crippen LogP contribution < -0.4 is 14.8 Å². The number of hydrogen-bond donors (Lipinski definition) is 1. The molecule has 2 aromatic rings. The predicted octanol–water partition coefficient (Wildman–Crippen LogP) is 3.47. The number of amides is 1. The Labute approximate surface area is 135 Å². The van der Waals surface area contributed by atoms with Crippen LogP contribution in [0.4, 0.5) is 5.69 Å². The Hall–Kier alpha value is -2.82. The highest BCUT2D eigenvalue weighted by Crippen LogP contribution is 2.30. The first-order valence-electron chi connectivity index (χ1n) is 7.11. The number of hydrogen-bond acceptors (Lipinski definition) is 4. The van der Waals surface area contributed by atoms with Gasteiger partial charge in [-0.25, -0.2) is 0 Å². The Morgan fingerprint density at radius 2 is 1.65 bits per heavy atom. The van der Waals surface area contributed by atoms with E-state index in [0.717, 1.165) is 5.56 Å². The monoisotopic (exact) mass is 313 g/mol. The summed E-state index contributed by atoms with van der Waals surface area (Å²) in [5.74, 6) is 0.730. The summed E-state index contributed by atoms with van der Waals surface area (Å²) in [7, 11) is 3.06. The summed E-state index contributed by atoms with van der Waals surface area (Å²) in [6.07, 6.45) is 0. The first-order chi connectivity index (χ1) is 11.0. The molecule has 0 fully saturated rings. The summed E-state index contributed by atoms with van der Waals surface area (Å²) in [4.78, 5) is 23.9. The highest BCUT2D eigenvalue weighted by atomic mass is 16.5. The highest BCUT2D eigenvalue weighted by molar-refractivity contribution is 6.06. The molecule has 1 N–H and O–H groups in total. The molecule has 2 aromatic carbocycles. The molecule has 0 radical (unpaired) electrons. The molecule has 0 bridgehead atoms. The maximum atomic E-state index is 12.5. The molecule has 0 aliphatic heterocycles. The summed E-state index contributed by atoms with van der Waals surface area (Å²) in [6, 6.07) is 10.2. The normalized spacial score (nSPS) is 10.1. The molecule has 2 rings (SSSR count). The van der Waals surface area contributed by atoms with Crippen molar-refractivity contribution >= 4 is 17.4 Å². The van der Waals surface area contributed by atoms with E-state index in [-0.39, 0.29) is 11.7 Å². The van der Waals surface area contributed by atoms with Gasteiger partial charge in [-0.1, -0.05) is 12.1 Å². The SMILES string of the molecule is COc1cc(C)c(C(=O)Nc2cccc(C(C)=O)c2)cc1OC. The lowest BCUT2D eigenvalue weighted by molar-refractivity contribution is 0.101. The van der Waals surface area contributed by atoms with E-state index in [1.54, 1.807) is 43.5 Å². The van der Waals surface area contributed by atoms with Crippen molar-refractivity contribution in [3.05, 3.63) is 53.1 Å². The average molecular weight is 313 g/mol. The van der Waals surface area contributed by atoms with Crippen molar-refractivity contribution in [2.45, 2.75) is 13.8 Å². The van der Waals surface area contributed by atoms with Crippen molar-refractivity contribution in [2.75, 3.05) is 19.5 Å². The average Bonchev–Trinajstić information content (AvgIpc) is 2.54. The zero-order chi connectivity index (χ0) is 17.0. The van der Waals surface area contributed by atoms with Crippen LogP contribution >= 0.6 is 0 Å². The van der Waals surface area contributed by atoms with E-state index in [9.17, 15) is 9.59 Å². The topological polar surface area (TPSA) is 64.6 Å². The van der Waals surface area contributed by atoms with Gasteiger partial charge in [0.2, 0.25) is 0 Å². The van der Waals surface area contributed by atoms with Crippen LogP contribution in [0.3, 0.4) is 0 Å². The Morgan fingerprint density at radius 1 is 1.00 bits per heavy atom. The van der Waals surface area contributed by atoms with Gasteiger partial charge in [0.15, 0.2) is 17.3 Å². The van der Waals surface area contributed by atoms with Crippen molar-refractivity contribution in [1.82, 2.24) is 0 Å². The predicted molar refractivity (Wildman–Crippen MR) is 88.7 cm³/mol. The molecular formula is C18H19NO4. The van der Waals surface area contributed by atoms with Gasteiger partial charge in [0, 0.05) is 16.8 Å². The number of ether oxygens (including phenoxy) is 2. The molecular weight excluding hydrogens is 294 g/mol. The second kappa shape index (κ2) is 6.96. The summed E-state index contributed by atoms with van der Waals surface area (Å²) < 4.78 is 10.5. The van der Waals surface area contributed by atoms with Crippen LogP contribution in [-0.2, 0) is 0 Å². The molecule has 23 heavy (non-hydrogen) atoms. The number of methoxy groups -OCH3 is 2. The Kier molecular flexibility index (Phi) is 5.01. The zero-order valence-corrected chi connectivity index (χ0v) is 13.6. The fourth-order valence-corrected chi connectivity index (χ4v) is 2.24. The Morgan fingerprint density at radius 3 is 2.26 bits per heavy atom. The van der Waals surface area contributed by atoms with Gasteiger partial charge in [0.05, 0.1) is 14.2 Å². The molecule has 0 saturated heterocycles. The minimum atomic E-state index is -0.274. The number of anilines is 1. The minimum absolute atomic E-state index is 0.0524. The molecule has 1 amide bonds. The summed E-state index contributed by atoms with van der Waals surface area (Å²) in [6.45, 7) is 3.31. The van der Waals surface area contributed by atoms with Gasteiger partial charge < -0.3 is 14.8 Å². The molecule has 5 heteroatoms. The van der Waals surface area contributed by atoms with Gasteiger partial charge in [-0.05, 0) is 43.7 Å². The number of aryl methyl sites for hydroxylation is 1. The molecule has 0 heterocycles. The quantitative estimate of drug-likeness (QED) is 0.859. The fourth-order valence-electron chi connectivity index (χ4n) is 2.24. The van der Waals surface area contributed by atoms with E-state index in [4.69, 9.17) is 9.47 Å². The maximum Gasteiger partial charge on any atom is 0.256 e. The van der Waals surface area contributed by atoms with Crippen LogP contribution in [0.2, 0.25) is 0 Å². The zero-order valence-electron chi connectivity index (χ0n) is 13.6. The van der Waals surface area contributed by atoms with Gasteiger partial charge in [-0.15, -0.1) is 0 Å². The van der Waals surface area contributed by atoms with E-state index in [0.29, 0.717) is 28.3 Å². The van der Waals surface area contributed by atoms with Crippen molar-refractivity contribution in [3.63, 3.8) is 0 Å². The summed E-state index contributed by atoms with van der Waals surface area (Å²) in [5.41, 5.74) is 2.36. The molecule has 120 valence electrons. The second-order valence-corrected chi connectivity index (χ2v) is 5.11. The van der Waals surface area contributed by atoms with Crippen LogP contribution in [0.15, 0.2) is 36.4 Å². The van der Waals surface area contributed by atoms with Crippen molar-refractivity contribution in [2.24, 2.45) is 0 Å². The van der Waals surface area contributed by atoms with E-state index >= 15 is 0 Å². The Balaban J connectivity index is 2.31. The third-order valence-electron chi connectivity index (χ3n) is 3.50. The van der Waals surface area contributed by atoms with Gasteiger partial charge >= 0.3 is 0 Å². The molecule has 0 aromatic heterocycles. The number of carbonyl (C=O) groups excluding carboxylic acids is 2. The van der Waals surface area contributed by atoms with Crippen LogP contribution in [0, 0.1) is 6.92 Å². The molecule has 0 aliphatic carbocycles. The number of rotatable bonds is 5. The van der Waals surface area contributed by atoms with Crippen molar-refractivity contribution < 1.29 is 19.1 Å². The number of Topliss-reactive ketones (excluding diaryl/α,β-unsaturated/α-hetero) is 1. The molecule has 5 nitrogen and oxygen atoms in total. The van der Waals surface area contributed by atoms with E-state index in [1.807, 2.05) is 6.92 Å². The smallest absolute Gasteiger partial charge is 0.256 e. The second-order valence-electron chi connectivity index (χ2n) is 5.11. The lowest BCUT2D eigenvalue weighted by Crippen LogP contribution is -2.14. The van der Waals surface area contributed by atoms with Gasteiger partial charge in [-0.2, -0.15) is 0 Å². The van der Waals surface area contributed by atoms with Crippen LogP contribution in [0.25, 0.3) is 0 Å². The van der Waals surface area contributed by atoms with Gasteiger partial charge in [0.25, 0.3) is 5.91 Å². The Bertz CT molecular complexity index is 753. The minimum Gasteiger partial charge on any atom is -0.493 e. The van der Waals surface area contributed by atoms with E-state index in [1.165, 1.54) is 14.0 Å². The van der Waals surface area contributed by atoms with Gasteiger partial charge in [-0.3, -0.25) is 9.59 Å². The lowest BCUT2D eigenvalue weighted by atomic mass is 10.1. The molecule has 0 saturated carbocycles. The number of carbonyl (C=O) groups is 2. The largest absolute Gasteiger partial charge is 0.493 e. The van der Waals surface area contributed by atoms with Crippen LogP contribution in [-0.4, -0.2) is 25.9 Å². The maximum absolute atomic E-state index is 12.5.